The minimum Gasteiger partial charge on any atom is -0.356 e. The standard InChI is InChI=1S/C24H32N4O3/c1-16(2)22(30)26-11-6-10-25-21(29)19-15-17-7-5-12-28(17)24(19)18-8-3-4-9-20(18)27(14-13-26)23(24)31/h3-4,8-9,16-17,19H,5-7,10-15H2,1-2H3,(H,25,29)/t17-,19-,24+/m0/s1. The van der Waals surface area contributed by atoms with Crippen molar-refractivity contribution in [2.75, 3.05) is 37.6 Å². The van der Waals surface area contributed by atoms with E-state index in [9.17, 15) is 14.4 Å². The van der Waals surface area contributed by atoms with Crippen LogP contribution in [0.4, 0.5) is 5.69 Å². The number of carbonyl (C=O) groups is 3. The summed E-state index contributed by atoms with van der Waals surface area (Å²) in [5.41, 5.74) is 0.952. The summed E-state index contributed by atoms with van der Waals surface area (Å²) in [5.74, 6) is -0.391. The number of amides is 3. The molecule has 1 aromatic rings. The maximum absolute atomic E-state index is 14.2. The summed E-state index contributed by atoms with van der Waals surface area (Å²) in [6, 6.07) is 8.23. The Balaban J connectivity index is 1.60. The molecule has 166 valence electrons. The van der Waals surface area contributed by atoms with Crippen LogP contribution in [0.25, 0.3) is 0 Å². The molecule has 4 aliphatic heterocycles. The summed E-state index contributed by atoms with van der Waals surface area (Å²) in [6.07, 6.45) is 3.56. The van der Waals surface area contributed by atoms with Gasteiger partial charge in [0.25, 0.3) is 5.91 Å². The maximum Gasteiger partial charge on any atom is 0.253 e. The zero-order chi connectivity index (χ0) is 21.8. The first-order valence-electron chi connectivity index (χ1n) is 11.7. The van der Waals surface area contributed by atoms with Gasteiger partial charge in [-0.3, -0.25) is 19.3 Å². The monoisotopic (exact) mass is 424 g/mol. The molecule has 3 fully saturated rings. The molecule has 5 rings (SSSR count). The van der Waals surface area contributed by atoms with E-state index in [2.05, 4.69) is 10.2 Å². The normalized spacial score (nSPS) is 31.1. The first-order valence-corrected chi connectivity index (χ1v) is 11.7. The van der Waals surface area contributed by atoms with Crippen molar-refractivity contribution in [2.45, 2.75) is 51.1 Å². The molecule has 7 nitrogen and oxygen atoms in total. The Morgan fingerprint density at radius 1 is 1.10 bits per heavy atom. The molecule has 2 bridgehead atoms. The van der Waals surface area contributed by atoms with Crippen LogP contribution in [0.1, 0.15) is 45.1 Å². The third kappa shape index (κ3) is 2.93. The zero-order valence-electron chi connectivity index (χ0n) is 18.5. The zero-order valence-corrected chi connectivity index (χ0v) is 18.5. The van der Waals surface area contributed by atoms with Crippen molar-refractivity contribution in [3.63, 3.8) is 0 Å². The third-order valence-electron chi connectivity index (χ3n) is 7.64. The van der Waals surface area contributed by atoms with Crippen LogP contribution in [0, 0.1) is 11.8 Å². The van der Waals surface area contributed by atoms with Gasteiger partial charge in [0.2, 0.25) is 11.8 Å². The molecule has 0 radical (unpaired) electrons. The Kier molecular flexibility index (Phi) is 5.04. The first-order chi connectivity index (χ1) is 15.0. The molecule has 0 saturated carbocycles. The molecule has 3 saturated heterocycles. The van der Waals surface area contributed by atoms with Crippen molar-refractivity contribution in [3.05, 3.63) is 29.8 Å². The van der Waals surface area contributed by atoms with Crippen LogP contribution in [-0.2, 0) is 19.9 Å². The molecule has 0 unspecified atom stereocenters. The SMILES string of the molecule is CC(C)C(=O)N1CCCNC(=O)[C@@H]2C[C@@H]3CCCN3[C@@]23C(=O)N(CC1)c1ccccc13. The number of carbonyl (C=O) groups excluding carboxylic acids is 3. The summed E-state index contributed by atoms with van der Waals surface area (Å²) in [6.45, 7) is 6.74. The Hall–Kier alpha value is -2.41. The van der Waals surface area contributed by atoms with Crippen molar-refractivity contribution >= 4 is 23.4 Å². The molecule has 7 heteroatoms. The molecular weight excluding hydrogens is 392 g/mol. The molecule has 3 amide bonds. The van der Waals surface area contributed by atoms with E-state index in [1.807, 2.05) is 47.9 Å². The van der Waals surface area contributed by atoms with Gasteiger partial charge >= 0.3 is 0 Å². The van der Waals surface area contributed by atoms with E-state index in [0.717, 1.165) is 43.5 Å². The second kappa shape index (κ2) is 7.62. The summed E-state index contributed by atoms with van der Waals surface area (Å²) in [7, 11) is 0. The van der Waals surface area contributed by atoms with Gasteiger partial charge in [0.1, 0.15) is 5.54 Å². The van der Waals surface area contributed by atoms with Gasteiger partial charge in [-0.2, -0.15) is 0 Å². The summed E-state index contributed by atoms with van der Waals surface area (Å²) >= 11 is 0. The number of nitrogens with one attached hydrogen (secondary N) is 1. The minimum absolute atomic E-state index is 0.00997. The molecule has 4 heterocycles. The number of fused-ring (bicyclic) bond motifs is 4. The first kappa shape index (κ1) is 20.5. The van der Waals surface area contributed by atoms with Gasteiger partial charge in [-0.25, -0.2) is 0 Å². The highest BCUT2D eigenvalue weighted by Crippen LogP contribution is 2.56. The van der Waals surface area contributed by atoms with Gasteiger partial charge < -0.3 is 15.1 Å². The minimum atomic E-state index is -0.909. The van der Waals surface area contributed by atoms with Gasteiger partial charge in [0.05, 0.1) is 5.92 Å². The quantitative estimate of drug-likeness (QED) is 0.745. The van der Waals surface area contributed by atoms with E-state index >= 15 is 0 Å². The van der Waals surface area contributed by atoms with Crippen LogP contribution >= 0.6 is 0 Å². The summed E-state index contributed by atoms with van der Waals surface area (Å²) in [4.78, 5) is 46.4. The Bertz CT molecular complexity index is 916. The number of para-hydroxylation sites is 1. The van der Waals surface area contributed by atoms with E-state index in [4.69, 9.17) is 0 Å². The number of benzene rings is 1. The maximum atomic E-state index is 14.2. The summed E-state index contributed by atoms with van der Waals surface area (Å²) < 4.78 is 0. The second-order valence-corrected chi connectivity index (χ2v) is 9.64. The molecule has 1 aromatic carbocycles. The number of rotatable bonds is 1. The van der Waals surface area contributed by atoms with Gasteiger partial charge in [-0.15, -0.1) is 0 Å². The van der Waals surface area contributed by atoms with Crippen molar-refractivity contribution in [1.29, 1.82) is 0 Å². The predicted molar refractivity (Wildman–Crippen MR) is 117 cm³/mol. The molecule has 31 heavy (non-hydrogen) atoms. The molecule has 1 N–H and O–H groups in total. The number of hydrogen-bond donors (Lipinski definition) is 1. The van der Waals surface area contributed by atoms with Crippen LogP contribution in [0.5, 0.6) is 0 Å². The van der Waals surface area contributed by atoms with E-state index in [-0.39, 0.29) is 35.6 Å². The van der Waals surface area contributed by atoms with E-state index in [0.29, 0.717) is 26.2 Å². The van der Waals surface area contributed by atoms with Crippen LogP contribution in [0.3, 0.4) is 0 Å². The van der Waals surface area contributed by atoms with Crippen molar-refractivity contribution in [1.82, 2.24) is 15.1 Å². The average Bonchev–Trinajstić information content (AvgIpc) is 3.40. The van der Waals surface area contributed by atoms with E-state index < -0.39 is 5.54 Å². The van der Waals surface area contributed by atoms with E-state index in [1.165, 1.54) is 0 Å². The fraction of sp³-hybridized carbons (Fsp3) is 0.625. The lowest BCUT2D eigenvalue weighted by Crippen LogP contribution is -2.57. The fourth-order valence-electron chi connectivity index (χ4n) is 6.31. The average molecular weight is 425 g/mol. The molecule has 3 atom stereocenters. The van der Waals surface area contributed by atoms with Crippen molar-refractivity contribution in [2.24, 2.45) is 11.8 Å². The Labute approximate surface area is 183 Å². The van der Waals surface area contributed by atoms with Crippen LogP contribution < -0.4 is 10.2 Å². The topological polar surface area (TPSA) is 73.0 Å². The molecule has 4 aliphatic rings. The van der Waals surface area contributed by atoms with Gasteiger partial charge in [0, 0.05) is 49.4 Å². The van der Waals surface area contributed by atoms with E-state index in [1.54, 1.807) is 0 Å². The summed E-state index contributed by atoms with van der Waals surface area (Å²) in [5, 5.41) is 3.10. The lowest BCUT2D eigenvalue weighted by atomic mass is 9.78. The number of anilines is 1. The molecule has 0 aromatic heterocycles. The highest BCUT2D eigenvalue weighted by molar-refractivity contribution is 6.11. The molecule has 0 aliphatic carbocycles. The molecular formula is C24H32N4O3. The number of hydrogen-bond acceptors (Lipinski definition) is 4. The third-order valence-corrected chi connectivity index (χ3v) is 7.64. The van der Waals surface area contributed by atoms with Gasteiger partial charge in [-0.1, -0.05) is 32.0 Å². The van der Waals surface area contributed by atoms with Crippen LogP contribution in [-0.4, -0.2) is 66.3 Å². The Morgan fingerprint density at radius 2 is 1.90 bits per heavy atom. The predicted octanol–water partition coefficient (Wildman–Crippen LogP) is 1.72. The fourth-order valence-corrected chi connectivity index (χ4v) is 6.31. The smallest absolute Gasteiger partial charge is 0.253 e. The van der Waals surface area contributed by atoms with Gasteiger partial charge in [0.15, 0.2) is 0 Å². The molecule has 1 spiro atoms. The van der Waals surface area contributed by atoms with Crippen molar-refractivity contribution < 1.29 is 14.4 Å². The van der Waals surface area contributed by atoms with Crippen molar-refractivity contribution in [3.8, 4) is 0 Å². The largest absolute Gasteiger partial charge is 0.356 e. The van der Waals surface area contributed by atoms with Crippen LogP contribution in [0.2, 0.25) is 0 Å². The lowest BCUT2D eigenvalue weighted by molar-refractivity contribution is -0.139. The second-order valence-electron chi connectivity index (χ2n) is 9.64. The highest BCUT2D eigenvalue weighted by atomic mass is 16.2. The lowest BCUT2D eigenvalue weighted by Gasteiger charge is -2.38. The Morgan fingerprint density at radius 3 is 2.71 bits per heavy atom. The van der Waals surface area contributed by atoms with Gasteiger partial charge in [-0.05, 0) is 38.3 Å². The number of nitrogens with zero attached hydrogens (tertiary/aromatic N) is 3. The highest BCUT2D eigenvalue weighted by Gasteiger charge is 2.67. The van der Waals surface area contributed by atoms with Crippen LogP contribution in [0.15, 0.2) is 24.3 Å².